The maximum Gasteiger partial charge on any atom is 0.356 e. The van der Waals surface area contributed by atoms with Crippen molar-refractivity contribution in [2.24, 2.45) is 5.41 Å². The molecular formula is C10H15N3O3. The number of aliphatic hydroxyl groups is 1. The molecule has 0 unspecified atom stereocenters. The van der Waals surface area contributed by atoms with E-state index in [1.165, 1.54) is 12.4 Å². The molecule has 3 N–H and O–H groups in total. The Morgan fingerprint density at radius 2 is 2.12 bits per heavy atom. The summed E-state index contributed by atoms with van der Waals surface area (Å²) in [4.78, 5) is 18.1. The molecule has 0 aromatic carbocycles. The fourth-order valence-electron chi connectivity index (χ4n) is 0.916. The van der Waals surface area contributed by atoms with E-state index in [0.29, 0.717) is 12.4 Å². The Bertz CT molecular complexity index is 362. The molecule has 0 spiro atoms. The third-order valence-electron chi connectivity index (χ3n) is 2.05. The highest BCUT2D eigenvalue weighted by atomic mass is 16.4. The van der Waals surface area contributed by atoms with E-state index in [2.05, 4.69) is 15.3 Å². The molecule has 0 fully saturated rings. The minimum absolute atomic E-state index is 0.0562. The molecule has 0 amide bonds. The Kier molecular flexibility index (Phi) is 3.78. The second kappa shape index (κ2) is 4.89. The fourth-order valence-corrected chi connectivity index (χ4v) is 0.916. The van der Waals surface area contributed by atoms with Crippen LogP contribution in [0.4, 0.5) is 5.82 Å². The zero-order valence-corrected chi connectivity index (χ0v) is 9.27. The summed E-state index contributed by atoms with van der Waals surface area (Å²) >= 11 is 0. The number of hydrogen-bond acceptors (Lipinski definition) is 5. The van der Waals surface area contributed by atoms with Crippen LogP contribution in [0.15, 0.2) is 12.4 Å². The van der Waals surface area contributed by atoms with Crippen molar-refractivity contribution in [1.82, 2.24) is 9.97 Å². The summed E-state index contributed by atoms with van der Waals surface area (Å²) in [6.45, 7) is 4.39. The van der Waals surface area contributed by atoms with Crippen LogP contribution in [0.5, 0.6) is 0 Å². The summed E-state index contributed by atoms with van der Waals surface area (Å²) in [6.07, 6.45) is 2.55. The average Bonchev–Trinajstić information content (AvgIpc) is 2.27. The maximum atomic E-state index is 10.5. The number of nitrogens with zero attached hydrogens (tertiary/aromatic N) is 2. The highest BCUT2D eigenvalue weighted by Gasteiger charge is 2.16. The van der Waals surface area contributed by atoms with Gasteiger partial charge >= 0.3 is 5.97 Å². The lowest BCUT2D eigenvalue weighted by molar-refractivity contribution is 0.0690. The highest BCUT2D eigenvalue weighted by Crippen LogP contribution is 2.14. The van der Waals surface area contributed by atoms with E-state index in [4.69, 9.17) is 10.2 Å². The third kappa shape index (κ3) is 3.47. The van der Waals surface area contributed by atoms with E-state index in [1.54, 1.807) is 0 Å². The zero-order chi connectivity index (χ0) is 12.2. The maximum absolute atomic E-state index is 10.5. The van der Waals surface area contributed by atoms with Crippen molar-refractivity contribution in [1.29, 1.82) is 0 Å². The number of nitrogens with one attached hydrogen (secondary N) is 1. The summed E-state index contributed by atoms with van der Waals surface area (Å²) in [5.41, 5.74) is -0.348. The van der Waals surface area contributed by atoms with Gasteiger partial charge in [0.05, 0.1) is 12.4 Å². The van der Waals surface area contributed by atoms with Gasteiger partial charge in [0, 0.05) is 18.6 Å². The van der Waals surface area contributed by atoms with Gasteiger partial charge in [0.2, 0.25) is 0 Å². The Morgan fingerprint density at radius 3 is 2.56 bits per heavy atom. The highest BCUT2D eigenvalue weighted by molar-refractivity contribution is 5.84. The van der Waals surface area contributed by atoms with E-state index < -0.39 is 5.97 Å². The van der Waals surface area contributed by atoms with Gasteiger partial charge in [-0.15, -0.1) is 0 Å². The van der Waals surface area contributed by atoms with Crippen molar-refractivity contribution < 1.29 is 15.0 Å². The quantitative estimate of drug-likeness (QED) is 0.679. The second-order valence-electron chi connectivity index (χ2n) is 4.27. The molecule has 0 aliphatic heterocycles. The van der Waals surface area contributed by atoms with Crippen LogP contribution in [-0.4, -0.2) is 39.3 Å². The summed E-state index contributed by atoms with van der Waals surface area (Å²) in [5.74, 6) is -0.610. The molecule has 0 atom stereocenters. The van der Waals surface area contributed by atoms with E-state index >= 15 is 0 Å². The molecule has 0 aliphatic carbocycles. The van der Waals surface area contributed by atoms with Crippen molar-refractivity contribution >= 4 is 11.8 Å². The van der Waals surface area contributed by atoms with Crippen LogP contribution in [-0.2, 0) is 0 Å². The lowest BCUT2D eigenvalue weighted by Gasteiger charge is -2.21. The number of aliphatic hydroxyl groups excluding tert-OH is 1. The van der Waals surface area contributed by atoms with E-state index in [0.717, 1.165) is 0 Å². The van der Waals surface area contributed by atoms with Gasteiger partial charge in [-0.3, -0.25) is 0 Å². The molecule has 0 saturated heterocycles. The lowest BCUT2D eigenvalue weighted by atomic mass is 9.95. The molecule has 16 heavy (non-hydrogen) atoms. The number of aromatic carboxylic acids is 1. The molecule has 0 bridgehead atoms. The van der Waals surface area contributed by atoms with Gasteiger partial charge in [-0.1, -0.05) is 13.8 Å². The first-order valence-corrected chi connectivity index (χ1v) is 4.85. The molecule has 0 radical (unpaired) electrons. The number of aromatic nitrogens is 2. The van der Waals surface area contributed by atoms with Gasteiger partial charge in [0.15, 0.2) is 5.69 Å². The van der Waals surface area contributed by atoms with Crippen molar-refractivity contribution in [2.45, 2.75) is 13.8 Å². The number of carboxylic acids is 1. The summed E-state index contributed by atoms with van der Waals surface area (Å²) in [7, 11) is 0. The van der Waals surface area contributed by atoms with Crippen LogP contribution < -0.4 is 5.32 Å². The average molecular weight is 225 g/mol. The molecule has 1 aromatic rings. The molecule has 0 aliphatic rings. The number of hydrogen-bond donors (Lipinski definition) is 3. The van der Waals surface area contributed by atoms with Gasteiger partial charge in [-0.25, -0.2) is 14.8 Å². The van der Waals surface area contributed by atoms with Crippen LogP contribution in [0.25, 0.3) is 0 Å². The zero-order valence-electron chi connectivity index (χ0n) is 9.27. The van der Waals surface area contributed by atoms with Gasteiger partial charge in [-0.2, -0.15) is 0 Å². The van der Waals surface area contributed by atoms with Crippen molar-refractivity contribution in [3.63, 3.8) is 0 Å². The lowest BCUT2D eigenvalue weighted by Crippen LogP contribution is -2.27. The number of rotatable bonds is 5. The second-order valence-corrected chi connectivity index (χ2v) is 4.27. The van der Waals surface area contributed by atoms with E-state index in [-0.39, 0.29) is 17.7 Å². The van der Waals surface area contributed by atoms with Crippen LogP contribution in [0, 0.1) is 5.41 Å². The molecule has 6 heteroatoms. The molecule has 1 rings (SSSR count). The number of carboxylic acid groups (broad SMARTS) is 1. The molecule has 88 valence electrons. The largest absolute Gasteiger partial charge is 0.476 e. The summed E-state index contributed by atoms with van der Waals surface area (Å²) < 4.78 is 0. The Labute approximate surface area is 93.4 Å². The molecule has 0 saturated carbocycles. The van der Waals surface area contributed by atoms with Gasteiger partial charge in [-0.05, 0) is 0 Å². The van der Waals surface area contributed by atoms with E-state index in [1.807, 2.05) is 13.8 Å². The monoisotopic (exact) mass is 225 g/mol. The molecule has 6 nitrogen and oxygen atoms in total. The Hall–Kier alpha value is -1.69. The summed E-state index contributed by atoms with van der Waals surface area (Å²) in [6, 6.07) is 0. The molecule has 1 heterocycles. The SMILES string of the molecule is CC(C)(CO)CNc1cnc(C(=O)O)cn1. The van der Waals surface area contributed by atoms with Crippen molar-refractivity contribution in [3.05, 3.63) is 18.1 Å². The van der Waals surface area contributed by atoms with E-state index in [9.17, 15) is 4.79 Å². The normalized spacial score (nSPS) is 11.2. The van der Waals surface area contributed by atoms with Crippen LogP contribution in [0.3, 0.4) is 0 Å². The van der Waals surface area contributed by atoms with Gasteiger partial charge in [0.1, 0.15) is 5.82 Å². The van der Waals surface area contributed by atoms with Crippen molar-refractivity contribution in [2.75, 3.05) is 18.5 Å². The minimum atomic E-state index is -1.10. The number of anilines is 1. The van der Waals surface area contributed by atoms with Gasteiger partial charge in [0.25, 0.3) is 0 Å². The first kappa shape index (κ1) is 12.4. The fraction of sp³-hybridized carbons (Fsp3) is 0.500. The first-order valence-electron chi connectivity index (χ1n) is 4.85. The molecule has 1 aromatic heterocycles. The molecular weight excluding hydrogens is 210 g/mol. The third-order valence-corrected chi connectivity index (χ3v) is 2.05. The Morgan fingerprint density at radius 1 is 1.44 bits per heavy atom. The summed E-state index contributed by atoms with van der Waals surface area (Å²) in [5, 5.41) is 20.6. The Balaban J connectivity index is 2.59. The minimum Gasteiger partial charge on any atom is -0.476 e. The predicted molar refractivity (Wildman–Crippen MR) is 58.3 cm³/mol. The predicted octanol–water partition coefficient (Wildman–Crippen LogP) is 0.605. The first-order chi connectivity index (χ1) is 7.44. The van der Waals surface area contributed by atoms with Crippen LogP contribution in [0.2, 0.25) is 0 Å². The van der Waals surface area contributed by atoms with Crippen LogP contribution in [0.1, 0.15) is 24.3 Å². The number of carbonyl (C=O) groups is 1. The standard InChI is InChI=1S/C10H15N3O3/c1-10(2,6-14)5-13-8-4-11-7(3-12-8)9(15)16/h3-4,14H,5-6H2,1-2H3,(H,12,13)(H,15,16). The smallest absolute Gasteiger partial charge is 0.356 e. The van der Waals surface area contributed by atoms with Crippen LogP contribution >= 0.6 is 0 Å². The van der Waals surface area contributed by atoms with Crippen molar-refractivity contribution in [3.8, 4) is 0 Å². The topological polar surface area (TPSA) is 95.3 Å². The van der Waals surface area contributed by atoms with Gasteiger partial charge < -0.3 is 15.5 Å².